The number of ether oxygens (including phenoxy) is 1. The van der Waals surface area contributed by atoms with Crippen LogP contribution in [0.25, 0.3) is 11.1 Å². The second-order valence-electron chi connectivity index (χ2n) is 8.37. The van der Waals surface area contributed by atoms with Gasteiger partial charge in [0.15, 0.2) is 0 Å². The van der Waals surface area contributed by atoms with Crippen LogP contribution in [0.5, 0.6) is 0 Å². The molecule has 2 aromatic carbocycles. The third-order valence-corrected chi connectivity index (χ3v) is 5.68. The summed E-state index contributed by atoms with van der Waals surface area (Å²) >= 11 is 12.3. The van der Waals surface area contributed by atoms with Crippen LogP contribution >= 0.6 is 23.2 Å². The summed E-state index contributed by atoms with van der Waals surface area (Å²) in [6.07, 6.45) is 0. The fourth-order valence-electron chi connectivity index (χ4n) is 3.52. The Morgan fingerprint density at radius 1 is 1.00 bits per heavy atom. The van der Waals surface area contributed by atoms with Gasteiger partial charge in [-0.3, -0.25) is 0 Å². The quantitative estimate of drug-likeness (QED) is 0.376. The van der Waals surface area contributed by atoms with E-state index in [0.717, 1.165) is 11.8 Å². The van der Waals surface area contributed by atoms with Crippen molar-refractivity contribution in [1.29, 1.82) is 0 Å². The Kier molecular flexibility index (Phi) is 6.49. The molecular formula is C24H23Cl2F2NO2. The molecule has 0 bridgehead atoms. The fourth-order valence-corrected chi connectivity index (χ4v) is 3.82. The molecule has 164 valence electrons. The predicted octanol–water partition coefficient (Wildman–Crippen LogP) is 7.36. The van der Waals surface area contributed by atoms with Crippen molar-refractivity contribution < 1.29 is 18.3 Å². The lowest BCUT2D eigenvalue weighted by Crippen LogP contribution is -2.24. The van der Waals surface area contributed by atoms with Gasteiger partial charge in [0, 0.05) is 28.6 Å². The summed E-state index contributed by atoms with van der Waals surface area (Å²) in [6.45, 7) is 9.10. The van der Waals surface area contributed by atoms with Gasteiger partial charge in [0.05, 0.1) is 22.2 Å². The second-order valence-corrected chi connectivity index (χ2v) is 9.19. The molecule has 0 N–H and O–H groups in total. The maximum atomic E-state index is 14.3. The average Bonchev–Trinajstić information content (AvgIpc) is 2.89. The highest BCUT2D eigenvalue weighted by molar-refractivity contribution is 6.42. The van der Waals surface area contributed by atoms with Gasteiger partial charge in [-0.05, 0) is 58.4 Å². The molecule has 3 nitrogen and oxygen atoms in total. The van der Waals surface area contributed by atoms with Crippen LogP contribution in [0.3, 0.4) is 0 Å². The molecule has 0 unspecified atom stereocenters. The van der Waals surface area contributed by atoms with Crippen molar-refractivity contribution in [3.05, 3.63) is 80.6 Å². The van der Waals surface area contributed by atoms with E-state index in [1.54, 1.807) is 45.9 Å². The Bertz CT molecular complexity index is 1160. The smallest absolute Gasteiger partial charge is 0.341 e. The molecule has 0 saturated heterocycles. The molecule has 31 heavy (non-hydrogen) atoms. The molecule has 0 aliphatic carbocycles. The molecular weight excluding hydrogens is 443 g/mol. The average molecular weight is 466 g/mol. The van der Waals surface area contributed by atoms with Crippen LogP contribution < -0.4 is 0 Å². The minimum atomic E-state index is -0.697. The highest BCUT2D eigenvalue weighted by Gasteiger charge is 2.28. The summed E-state index contributed by atoms with van der Waals surface area (Å²) in [7, 11) is 0. The van der Waals surface area contributed by atoms with E-state index in [1.165, 1.54) is 12.1 Å². The van der Waals surface area contributed by atoms with E-state index in [4.69, 9.17) is 27.9 Å². The van der Waals surface area contributed by atoms with E-state index >= 15 is 0 Å². The van der Waals surface area contributed by atoms with Gasteiger partial charge in [0.25, 0.3) is 0 Å². The number of nitrogens with zero attached hydrogens (tertiary/aromatic N) is 1. The standard InChI is InChI=1S/C24H23Cl2F2NO2/c1-13-21(15-7-9-18(25)19(26)10-15)22(23(30)31-24(3,4)5)14(2)29(13)12-16-6-8-17(27)11-20(16)28/h6-11H,12H2,1-5H3. The molecule has 0 radical (unpaired) electrons. The molecule has 7 heteroatoms. The van der Waals surface area contributed by atoms with Gasteiger partial charge in [-0.2, -0.15) is 0 Å². The number of halogens is 4. The zero-order valence-electron chi connectivity index (χ0n) is 17.9. The lowest BCUT2D eigenvalue weighted by atomic mass is 10.0. The second kappa shape index (κ2) is 8.64. The fraction of sp³-hybridized carbons (Fsp3) is 0.292. The Labute approximate surface area is 190 Å². The van der Waals surface area contributed by atoms with Gasteiger partial charge in [-0.1, -0.05) is 35.3 Å². The Balaban J connectivity index is 2.21. The maximum Gasteiger partial charge on any atom is 0.341 e. The Morgan fingerprint density at radius 2 is 1.68 bits per heavy atom. The maximum absolute atomic E-state index is 14.3. The number of carbonyl (C=O) groups excluding carboxylic acids is 1. The summed E-state index contributed by atoms with van der Waals surface area (Å²) in [5, 5.41) is 0.745. The van der Waals surface area contributed by atoms with Crippen molar-refractivity contribution in [2.24, 2.45) is 0 Å². The van der Waals surface area contributed by atoms with Crippen LogP contribution in [0, 0.1) is 25.5 Å². The summed E-state index contributed by atoms with van der Waals surface area (Å²) in [4.78, 5) is 13.1. The van der Waals surface area contributed by atoms with Crippen LogP contribution in [-0.4, -0.2) is 16.1 Å². The number of benzene rings is 2. The van der Waals surface area contributed by atoms with Crippen molar-refractivity contribution >= 4 is 29.2 Å². The highest BCUT2D eigenvalue weighted by atomic mass is 35.5. The van der Waals surface area contributed by atoms with E-state index < -0.39 is 23.2 Å². The number of hydrogen-bond acceptors (Lipinski definition) is 2. The number of hydrogen-bond donors (Lipinski definition) is 0. The van der Waals surface area contributed by atoms with Gasteiger partial charge in [-0.15, -0.1) is 0 Å². The minimum absolute atomic E-state index is 0.126. The zero-order chi connectivity index (χ0) is 23.1. The molecule has 1 aromatic heterocycles. The third kappa shape index (κ3) is 4.94. The van der Waals surface area contributed by atoms with Crippen LogP contribution in [0.1, 0.15) is 48.1 Å². The van der Waals surface area contributed by atoms with E-state index in [-0.39, 0.29) is 6.54 Å². The van der Waals surface area contributed by atoms with Gasteiger partial charge in [0.1, 0.15) is 17.2 Å². The number of aromatic nitrogens is 1. The van der Waals surface area contributed by atoms with E-state index in [2.05, 4.69) is 0 Å². The lowest BCUT2D eigenvalue weighted by molar-refractivity contribution is 0.00695. The number of rotatable bonds is 4. The molecule has 3 aromatic rings. The van der Waals surface area contributed by atoms with Crippen LogP contribution in [0.2, 0.25) is 10.0 Å². The molecule has 1 heterocycles. The van der Waals surface area contributed by atoms with Crippen molar-refractivity contribution in [3.8, 4) is 11.1 Å². The first-order chi connectivity index (χ1) is 14.4. The first kappa shape index (κ1) is 23.3. The monoisotopic (exact) mass is 465 g/mol. The summed E-state index contributed by atoms with van der Waals surface area (Å²) < 4.78 is 35.1. The lowest BCUT2D eigenvalue weighted by Gasteiger charge is -2.20. The Hall–Kier alpha value is -2.37. The molecule has 0 atom stereocenters. The number of carbonyl (C=O) groups is 1. The molecule has 0 saturated carbocycles. The van der Waals surface area contributed by atoms with Gasteiger partial charge >= 0.3 is 5.97 Å². The largest absolute Gasteiger partial charge is 0.456 e. The number of esters is 1. The molecule has 0 spiro atoms. The van der Waals surface area contributed by atoms with Gasteiger partial charge in [0.2, 0.25) is 0 Å². The Morgan fingerprint density at radius 3 is 2.26 bits per heavy atom. The van der Waals surface area contributed by atoms with Crippen LogP contribution in [0.4, 0.5) is 8.78 Å². The normalized spacial score (nSPS) is 11.6. The van der Waals surface area contributed by atoms with Crippen molar-refractivity contribution in [2.45, 2.75) is 46.8 Å². The van der Waals surface area contributed by atoms with E-state index in [9.17, 15) is 13.6 Å². The van der Waals surface area contributed by atoms with Crippen LogP contribution in [-0.2, 0) is 11.3 Å². The van der Waals surface area contributed by atoms with E-state index in [1.807, 2.05) is 11.5 Å². The third-order valence-electron chi connectivity index (χ3n) is 4.94. The van der Waals surface area contributed by atoms with Crippen LogP contribution in [0.15, 0.2) is 36.4 Å². The molecule has 3 rings (SSSR count). The molecule has 0 aliphatic heterocycles. The zero-order valence-corrected chi connectivity index (χ0v) is 19.5. The van der Waals surface area contributed by atoms with E-state index in [0.29, 0.717) is 38.0 Å². The topological polar surface area (TPSA) is 31.2 Å². The first-order valence-electron chi connectivity index (χ1n) is 9.71. The van der Waals surface area contributed by atoms with Crippen molar-refractivity contribution in [2.75, 3.05) is 0 Å². The first-order valence-corrected chi connectivity index (χ1v) is 10.5. The molecule has 0 amide bonds. The summed E-state index contributed by atoms with van der Waals surface area (Å²) in [6, 6.07) is 8.56. The van der Waals surface area contributed by atoms with Crippen molar-refractivity contribution in [1.82, 2.24) is 4.57 Å². The SMILES string of the molecule is Cc1c(C(=O)OC(C)(C)C)c(-c2ccc(Cl)c(Cl)c2)c(C)n1Cc1ccc(F)cc1F. The van der Waals surface area contributed by atoms with Gasteiger partial charge < -0.3 is 9.30 Å². The minimum Gasteiger partial charge on any atom is -0.456 e. The predicted molar refractivity (Wildman–Crippen MR) is 120 cm³/mol. The summed E-state index contributed by atoms with van der Waals surface area (Å²) in [5.41, 5.74) is 2.63. The molecule has 0 aliphatic rings. The van der Waals surface area contributed by atoms with Gasteiger partial charge in [-0.25, -0.2) is 13.6 Å². The highest BCUT2D eigenvalue weighted by Crippen LogP contribution is 2.37. The molecule has 0 fully saturated rings. The van der Waals surface area contributed by atoms with Crippen molar-refractivity contribution in [3.63, 3.8) is 0 Å². The summed E-state index contributed by atoms with van der Waals surface area (Å²) in [5.74, 6) is -1.79.